The van der Waals surface area contributed by atoms with Gasteiger partial charge >= 0.3 is 6.18 Å². The van der Waals surface area contributed by atoms with E-state index in [2.05, 4.69) is 10.9 Å². The molecule has 0 saturated carbocycles. The molecule has 32 heavy (non-hydrogen) atoms. The molecule has 0 fully saturated rings. The maximum atomic E-state index is 12.8. The maximum absolute atomic E-state index is 12.8. The number of sulfonamides is 1. The van der Waals surface area contributed by atoms with Crippen LogP contribution in [0.15, 0.2) is 41.3 Å². The highest BCUT2D eigenvalue weighted by atomic mass is 32.2. The van der Waals surface area contributed by atoms with E-state index < -0.39 is 55.9 Å². The Balaban J connectivity index is 1.86. The van der Waals surface area contributed by atoms with Crippen LogP contribution in [0.3, 0.4) is 0 Å². The van der Waals surface area contributed by atoms with Crippen molar-refractivity contribution >= 4 is 33.2 Å². The predicted octanol–water partition coefficient (Wildman–Crippen LogP) is 2.92. The summed E-state index contributed by atoms with van der Waals surface area (Å²) in [5.41, 5.74) is 1.31. The molecule has 0 unspecified atom stereocenters. The average Bonchev–Trinajstić information content (AvgIpc) is 2.90. The Kier molecular flexibility index (Phi) is 5.59. The molecule has 2 aromatic carbocycles. The average molecular weight is 472 g/mol. The van der Waals surface area contributed by atoms with Gasteiger partial charge in [-0.25, -0.2) is 12.7 Å². The number of nitro benzene ring substituents is 1. The molecule has 0 aromatic heterocycles. The zero-order chi connectivity index (χ0) is 24.0. The second-order valence-electron chi connectivity index (χ2n) is 6.98. The van der Waals surface area contributed by atoms with Crippen LogP contribution in [0.4, 0.5) is 24.5 Å². The first-order valence-electron chi connectivity index (χ1n) is 8.90. The van der Waals surface area contributed by atoms with Crippen molar-refractivity contribution in [3.05, 3.63) is 63.2 Å². The minimum atomic E-state index is -4.80. The molecule has 1 aliphatic rings. The summed E-state index contributed by atoms with van der Waals surface area (Å²) in [5, 5.41) is 11.1. The lowest BCUT2D eigenvalue weighted by Crippen LogP contribution is -2.36. The molecule has 0 bridgehead atoms. The van der Waals surface area contributed by atoms with E-state index in [0.717, 1.165) is 18.2 Å². The first-order chi connectivity index (χ1) is 14.7. The lowest BCUT2D eigenvalue weighted by Gasteiger charge is -2.18. The summed E-state index contributed by atoms with van der Waals surface area (Å²) in [6.45, 7) is 3.02. The van der Waals surface area contributed by atoms with Gasteiger partial charge in [-0.3, -0.25) is 30.6 Å². The summed E-state index contributed by atoms with van der Waals surface area (Å²) in [5.74, 6) is -1.67. The predicted molar refractivity (Wildman–Crippen MR) is 104 cm³/mol. The number of hydrogen-bond acceptors (Lipinski definition) is 7. The van der Waals surface area contributed by atoms with Gasteiger partial charge in [0, 0.05) is 17.7 Å². The molecule has 0 spiro atoms. The molecule has 2 amide bonds. The monoisotopic (exact) mass is 472 g/mol. The number of nitro groups is 1. The smallest absolute Gasteiger partial charge is 0.292 e. The number of benzene rings is 2. The molecule has 170 valence electrons. The van der Waals surface area contributed by atoms with Crippen molar-refractivity contribution in [1.82, 2.24) is 9.73 Å². The normalized spacial score (nSPS) is 14.9. The molecule has 0 atom stereocenters. The number of hydrazine groups is 1. The Labute approximate surface area is 179 Å². The molecule has 2 N–H and O–H groups in total. The first kappa shape index (κ1) is 23.0. The van der Waals surface area contributed by atoms with Crippen LogP contribution in [0.25, 0.3) is 0 Å². The Hall–Kier alpha value is -3.68. The van der Waals surface area contributed by atoms with Gasteiger partial charge in [0.25, 0.3) is 27.5 Å². The van der Waals surface area contributed by atoms with Crippen LogP contribution in [0.1, 0.15) is 40.1 Å². The van der Waals surface area contributed by atoms with Crippen molar-refractivity contribution in [3.63, 3.8) is 0 Å². The second kappa shape index (κ2) is 7.78. The van der Waals surface area contributed by atoms with E-state index in [0.29, 0.717) is 16.4 Å². The Bertz CT molecular complexity index is 1240. The van der Waals surface area contributed by atoms with E-state index in [9.17, 15) is 41.3 Å². The number of alkyl halides is 3. The number of rotatable bonds is 5. The van der Waals surface area contributed by atoms with Crippen LogP contribution in [-0.2, 0) is 16.2 Å². The van der Waals surface area contributed by atoms with Gasteiger partial charge in [0.15, 0.2) is 0 Å². The third-order valence-electron chi connectivity index (χ3n) is 4.51. The zero-order valence-corrected chi connectivity index (χ0v) is 17.2. The van der Waals surface area contributed by atoms with Gasteiger partial charge in [0.2, 0.25) is 0 Å². The highest BCUT2D eigenvalue weighted by molar-refractivity contribution is 7.90. The summed E-state index contributed by atoms with van der Waals surface area (Å²) < 4.78 is 64.3. The van der Waals surface area contributed by atoms with Gasteiger partial charge in [0.1, 0.15) is 10.6 Å². The molecule has 10 nitrogen and oxygen atoms in total. The van der Waals surface area contributed by atoms with Crippen molar-refractivity contribution in [2.24, 2.45) is 0 Å². The van der Waals surface area contributed by atoms with Crippen molar-refractivity contribution in [3.8, 4) is 0 Å². The minimum Gasteiger partial charge on any atom is -0.292 e. The lowest BCUT2D eigenvalue weighted by molar-refractivity contribution is -0.384. The van der Waals surface area contributed by atoms with E-state index in [-0.39, 0.29) is 16.0 Å². The van der Waals surface area contributed by atoms with E-state index in [1.807, 2.05) is 0 Å². The summed E-state index contributed by atoms with van der Waals surface area (Å²) in [6.07, 6.45) is -4.80. The molecule has 0 radical (unpaired) electrons. The Morgan fingerprint density at radius 1 is 1.16 bits per heavy atom. The number of hydrogen-bond donors (Lipinski definition) is 2. The number of fused-ring (bicyclic) bond motifs is 1. The van der Waals surface area contributed by atoms with Crippen molar-refractivity contribution in [2.45, 2.75) is 31.0 Å². The third kappa shape index (κ3) is 3.95. The number of carbonyl (C=O) groups excluding carboxylic acids is 2. The number of nitrogens with zero attached hydrogens (tertiary/aromatic N) is 2. The van der Waals surface area contributed by atoms with E-state index in [1.54, 1.807) is 0 Å². The van der Waals surface area contributed by atoms with Gasteiger partial charge in [-0.05, 0) is 44.2 Å². The summed E-state index contributed by atoms with van der Waals surface area (Å²) in [7, 11) is -4.17. The number of anilines is 1. The molecule has 0 saturated heterocycles. The van der Waals surface area contributed by atoms with Crippen LogP contribution < -0.4 is 10.9 Å². The van der Waals surface area contributed by atoms with Gasteiger partial charge in [-0.2, -0.15) is 13.2 Å². The molecule has 14 heteroatoms. The molecule has 0 aliphatic carbocycles. The largest absolute Gasteiger partial charge is 0.416 e. The molecule has 1 aliphatic heterocycles. The van der Waals surface area contributed by atoms with E-state index in [1.165, 1.54) is 19.9 Å². The molecule has 3 rings (SSSR count). The minimum absolute atomic E-state index is 0.110. The van der Waals surface area contributed by atoms with Crippen molar-refractivity contribution in [1.29, 1.82) is 0 Å². The number of carbonyl (C=O) groups is 2. The fourth-order valence-corrected chi connectivity index (χ4v) is 4.85. The molecular formula is C18H15F3N4O6S. The number of amides is 2. The van der Waals surface area contributed by atoms with Crippen LogP contribution in [0, 0.1) is 10.1 Å². The van der Waals surface area contributed by atoms with Crippen LogP contribution in [0.2, 0.25) is 0 Å². The summed E-state index contributed by atoms with van der Waals surface area (Å²) >= 11 is 0. The lowest BCUT2D eigenvalue weighted by atomic mass is 10.1. The second-order valence-corrected chi connectivity index (χ2v) is 8.76. The molecular weight excluding hydrogens is 457 g/mol. The quantitative estimate of drug-likeness (QED) is 0.504. The van der Waals surface area contributed by atoms with Crippen LogP contribution in [0.5, 0.6) is 0 Å². The first-order valence-corrected chi connectivity index (χ1v) is 10.3. The molecule has 2 aromatic rings. The number of halogens is 3. The summed E-state index contributed by atoms with van der Waals surface area (Å²) in [6, 6.07) is 4.33. The SMILES string of the molecule is CC(C)N1C(=O)c2ccc(C(=O)NNc3ccc(C(F)(F)F)cc3[N+](=O)[O-])cc2S1(=O)=O. The maximum Gasteiger partial charge on any atom is 0.416 e. The van der Waals surface area contributed by atoms with Gasteiger partial charge in [0.05, 0.1) is 16.1 Å². The fraction of sp³-hybridized carbons (Fsp3) is 0.222. The Morgan fingerprint density at radius 3 is 2.38 bits per heavy atom. The molecule has 1 heterocycles. The van der Waals surface area contributed by atoms with Gasteiger partial charge < -0.3 is 0 Å². The van der Waals surface area contributed by atoms with E-state index in [4.69, 9.17) is 0 Å². The highest BCUT2D eigenvalue weighted by Gasteiger charge is 2.43. The number of nitrogens with one attached hydrogen (secondary N) is 2. The summed E-state index contributed by atoms with van der Waals surface area (Å²) in [4.78, 5) is 34.4. The van der Waals surface area contributed by atoms with Crippen LogP contribution in [-0.4, -0.2) is 35.5 Å². The standard InChI is InChI=1S/C18H15F3N4O6S/c1-9(2)24-17(27)12-5-3-10(7-15(12)32(24,30)31)16(26)23-22-13-6-4-11(18(19,20)21)8-14(13)25(28)29/h3-9,22H,1-2H3,(H,23,26). The Morgan fingerprint density at radius 2 is 1.81 bits per heavy atom. The van der Waals surface area contributed by atoms with Crippen molar-refractivity contribution in [2.75, 3.05) is 5.43 Å². The van der Waals surface area contributed by atoms with Gasteiger partial charge in [-0.1, -0.05) is 0 Å². The van der Waals surface area contributed by atoms with Crippen molar-refractivity contribution < 1.29 is 36.1 Å². The van der Waals surface area contributed by atoms with Gasteiger partial charge in [-0.15, -0.1) is 0 Å². The fourth-order valence-electron chi connectivity index (χ4n) is 3.06. The van der Waals surface area contributed by atoms with Crippen LogP contribution >= 0.6 is 0 Å². The highest BCUT2D eigenvalue weighted by Crippen LogP contribution is 2.35. The third-order valence-corrected chi connectivity index (χ3v) is 6.51. The van der Waals surface area contributed by atoms with E-state index >= 15 is 0 Å². The topological polar surface area (TPSA) is 139 Å². The zero-order valence-electron chi connectivity index (χ0n) is 16.4.